The van der Waals surface area contributed by atoms with Gasteiger partial charge in [0.15, 0.2) is 0 Å². The molecule has 7 aromatic carbocycles. The van der Waals surface area contributed by atoms with Crippen LogP contribution < -0.4 is 5.19 Å². The molecule has 4 nitrogen and oxygen atoms in total. The van der Waals surface area contributed by atoms with Gasteiger partial charge in [-0.05, 0) is 86.1 Å². The van der Waals surface area contributed by atoms with Gasteiger partial charge in [-0.1, -0.05) is 204 Å². The molecule has 4 heterocycles. The summed E-state index contributed by atoms with van der Waals surface area (Å²) in [6.07, 6.45) is 1.71. The Morgan fingerprint density at radius 3 is 1.96 bits per heavy atom. The molecule has 0 aliphatic rings. The molecule has 0 aliphatic heterocycles. The molecule has 0 atom stereocenters. The van der Waals surface area contributed by atoms with Crippen molar-refractivity contribution in [1.29, 1.82) is 0 Å². The SMILES string of the molecule is [2H]C([2H])([2H])c1cc[c-]c(-c2cc(C([2H])(C)C)c([Si](C)(C)C)cn2)c1F.[2H]C([2H])([2H])c1ccc(-c2ccc3c(n2)sc2c(-c4nc5ccccc5n4-c4c(-c5ccccc5)cc(C(C)(C)C)cc4-c4ccccc4)[c-]ccc23)cc1.[Ir]. The number of halogens is 1. The van der Waals surface area contributed by atoms with Crippen molar-refractivity contribution in [2.45, 2.75) is 79.3 Å². The molecule has 0 fully saturated rings. The van der Waals surface area contributed by atoms with E-state index in [1.807, 2.05) is 30.3 Å². The maximum absolute atomic E-state index is 14.7. The topological polar surface area (TPSA) is 43.6 Å². The molecule has 0 aliphatic carbocycles. The number of aromatic nitrogens is 4. The van der Waals surface area contributed by atoms with Crippen LogP contribution in [-0.2, 0) is 25.5 Å². The van der Waals surface area contributed by atoms with E-state index in [0.29, 0.717) is 11.3 Å². The van der Waals surface area contributed by atoms with Gasteiger partial charge in [0.1, 0.15) is 4.83 Å². The van der Waals surface area contributed by atoms with Crippen molar-refractivity contribution >= 4 is 55.9 Å². The Bertz CT molecular complexity index is 4000. The third-order valence-electron chi connectivity index (χ3n) is 13.1. The molecular formula is C65H59FIrN4SSi-2. The van der Waals surface area contributed by atoms with E-state index >= 15 is 0 Å². The van der Waals surface area contributed by atoms with Gasteiger partial charge < -0.3 is 9.55 Å². The van der Waals surface area contributed by atoms with E-state index in [2.05, 4.69) is 165 Å². The van der Waals surface area contributed by atoms with Crippen molar-refractivity contribution in [3.63, 3.8) is 0 Å². The molecule has 0 bridgehead atoms. The Hall–Kier alpha value is -6.67. The number of fused-ring (bicyclic) bond motifs is 4. The molecule has 0 spiro atoms. The number of hydrogen-bond acceptors (Lipinski definition) is 4. The Kier molecular flexibility index (Phi) is 12.1. The molecule has 0 amide bonds. The Labute approximate surface area is 458 Å². The molecule has 0 unspecified atom stereocenters. The summed E-state index contributed by atoms with van der Waals surface area (Å²) >= 11 is 1.63. The number of imidazole rings is 1. The maximum atomic E-state index is 14.7. The number of rotatable bonds is 8. The summed E-state index contributed by atoms with van der Waals surface area (Å²) < 4.78 is 72.3. The second kappa shape index (κ2) is 20.7. The molecule has 73 heavy (non-hydrogen) atoms. The standard InChI is InChI=1S/C47H36N3S.C18H23FNSi.Ir/c1-30-22-24-33(25-23-30)40-27-26-36-35-18-13-19-37(44(35)51-46(36)49-40)45-48-41-20-11-12-21-42(41)50(45)43-38(31-14-7-5-8-15-31)28-34(47(2,3)4)29-39(43)32-16-9-6-10-17-32;1-12(2)15-10-16(20-11-17(15)21(4,5)6)14-9-7-8-13(3)18(14)19;/h5-18,20-29H,1-4H3;7-8,10-12H,1-6H3;/q2*-1;/i1D3;3D3,12D;. The molecule has 4 aromatic heterocycles. The summed E-state index contributed by atoms with van der Waals surface area (Å²) in [5.74, 6) is -0.887. The molecule has 0 saturated heterocycles. The van der Waals surface area contributed by atoms with Crippen LogP contribution in [0.4, 0.5) is 4.39 Å². The van der Waals surface area contributed by atoms with Crippen LogP contribution in [0.25, 0.3) is 93.2 Å². The minimum Gasteiger partial charge on any atom is -0.332 e. The van der Waals surface area contributed by atoms with Gasteiger partial charge in [-0.25, -0.2) is 4.98 Å². The summed E-state index contributed by atoms with van der Waals surface area (Å²) in [5.41, 5.74) is 12.3. The monoisotopic (exact) mass is 1170 g/mol. The van der Waals surface area contributed by atoms with Gasteiger partial charge in [0.2, 0.25) is 0 Å². The van der Waals surface area contributed by atoms with Crippen molar-refractivity contribution in [3.8, 4) is 61.8 Å². The predicted molar refractivity (Wildman–Crippen MR) is 306 cm³/mol. The number of pyridine rings is 2. The van der Waals surface area contributed by atoms with E-state index in [1.54, 1.807) is 49.6 Å². The summed E-state index contributed by atoms with van der Waals surface area (Å²) in [6.45, 7) is 12.2. The number of aryl methyl sites for hydroxylation is 2. The molecule has 0 N–H and O–H groups in total. The van der Waals surface area contributed by atoms with Crippen LogP contribution in [0, 0.1) is 31.7 Å². The number of benzene rings is 7. The fraction of sp³-hybridized carbons (Fsp3) is 0.185. The number of nitrogens with zero attached hydrogens (tertiary/aromatic N) is 4. The number of hydrogen-bond donors (Lipinski definition) is 0. The molecule has 11 rings (SSSR count). The smallest absolute Gasteiger partial charge is 0.114 e. The molecular weight excluding hydrogens is 1110 g/mol. The van der Waals surface area contributed by atoms with Gasteiger partial charge in [0.05, 0.1) is 36.3 Å². The van der Waals surface area contributed by atoms with Crippen LogP contribution >= 0.6 is 11.3 Å². The second-order valence-electron chi connectivity index (χ2n) is 20.4. The first-order valence-electron chi connectivity index (χ1n) is 27.6. The summed E-state index contributed by atoms with van der Waals surface area (Å²) in [4.78, 5) is 15.8. The molecule has 11 aromatic rings. The third-order valence-corrected chi connectivity index (χ3v) is 16.2. The van der Waals surface area contributed by atoms with E-state index in [0.717, 1.165) is 92.7 Å². The number of para-hydroxylation sites is 2. The number of thiophene rings is 1. The minimum absolute atomic E-state index is 0. The van der Waals surface area contributed by atoms with Crippen LogP contribution in [0.15, 0.2) is 170 Å². The van der Waals surface area contributed by atoms with Crippen LogP contribution in [-0.4, -0.2) is 27.6 Å². The van der Waals surface area contributed by atoms with Gasteiger partial charge in [0, 0.05) is 58.4 Å². The summed E-state index contributed by atoms with van der Waals surface area (Å²) in [6, 6.07) is 60.4. The minimum atomic E-state index is -2.54. The molecule has 1 radical (unpaired) electrons. The van der Waals surface area contributed by atoms with Crippen molar-refractivity contribution in [2.24, 2.45) is 0 Å². The summed E-state index contributed by atoms with van der Waals surface area (Å²) in [5, 5.41) is 3.19. The van der Waals surface area contributed by atoms with Crippen molar-refractivity contribution in [1.82, 2.24) is 19.5 Å². The van der Waals surface area contributed by atoms with E-state index < -0.39 is 33.5 Å². The van der Waals surface area contributed by atoms with Gasteiger partial charge >= 0.3 is 0 Å². The average Bonchev–Trinajstić information content (AvgIpc) is 4.20. The quantitative estimate of drug-likeness (QED) is 0.112. The zero-order valence-electron chi connectivity index (χ0n) is 49.1. The fourth-order valence-corrected chi connectivity index (χ4v) is 12.0. The van der Waals surface area contributed by atoms with Gasteiger partial charge in [-0.15, -0.1) is 36.4 Å². The van der Waals surface area contributed by atoms with E-state index in [9.17, 15) is 4.39 Å². The van der Waals surface area contributed by atoms with Crippen molar-refractivity contribution in [2.75, 3.05) is 0 Å². The first-order valence-corrected chi connectivity index (χ1v) is 28.4. The first-order chi connectivity index (χ1) is 37.3. The van der Waals surface area contributed by atoms with Gasteiger partial charge in [-0.2, -0.15) is 11.3 Å². The maximum Gasteiger partial charge on any atom is 0.114 e. The second-order valence-corrected chi connectivity index (χ2v) is 26.5. The summed E-state index contributed by atoms with van der Waals surface area (Å²) in [7, 11) is -1.74. The fourth-order valence-electron chi connectivity index (χ4n) is 9.26. The Morgan fingerprint density at radius 2 is 1.33 bits per heavy atom. The Morgan fingerprint density at radius 1 is 0.685 bits per heavy atom. The Balaban J connectivity index is 0.000000251. The molecule has 8 heteroatoms. The van der Waals surface area contributed by atoms with Crippen LogP contribution in [0.3, 0.4) is 0 Å². The van der Waals surface area contributed by atoms with Crippen molar-refractivity contribution < 1.29 is 34.1 Å². The van der Waals surface area contributed by atoms with E-state index in [1.165, 1.54) is 17.7 Å². The van der Waals surface area contributed by atoms with E-state index in [-0.39, 0.29) is 36.6 Å². The zero-order chi connectivity index (χ0) is 56.4. The first kappa shape index (κ1) is 42.8. The molecule has 367 valence electrons. The largest absolute Gasteiger partial charge is 0.332 e. The van der Waals surface area contributed by atoms with Crippen molar-refractivity contribution in [3.05, 3.63) is 210 Å². The van der Waals surface area contributed by atoms with Crippen LogP contribution in [0.5, 0.6) is 0 Å². The average molecular weight is 1170 g/mol. The van der Waals surface area contributed by atoms with Crippen LogP contribution in [0.2, 0.25) is 19.6 Å². The van der Waals surface area contributed by atoms with Gasteiger partial charge in [-0.3, -0.25) is 9.37 Å². The third kappa shape index (κ3) is 10.2. The zero-order valence-corrected chi connectivity index (χ0v) is 46.3. The van der Waals surface area contributed by atoms with E-state index in [4.69, 9.17) is 19.6 Å². The van der Waals surface area contributed by atoms with Gasteiger partial charge in [0.25, 0.3) is 0 Å². The molecule has 0 saturated carbocycles. The van der Waals surface area contributed by atoms with Crippen LogP contribution in [0.1, 0.15) is 72.4 Å². The predicted octanol–water partition coefficient (Wildman–Crippen LogP) is 17.5. The normalized spacial score (nSPS) is 13.7.